The number of hydrogen-bond donors (Lipinski definition) is 1. The van der Waals surface area contributed by atoms with Gasteiger partial charge in [0, 0.05) is 36.7 Å². The lowest BCUT2D eigenvalue weighted by atomic mass is 10.1. The lowest BCUT2D eigenvalue weighted by molar-refractivity contribution is 0.296. The molecule has 0 amide bonds. The molecule has 4 rings (SSSR count). The van der Waals surface area contributed by atoms with Crippen molar-refractivity contribution >= 4 is 0 Å². The zero-order valence-corrected chi connectivity index (χ0v) is 14.3. The average Bonchev–Trinajstić information content (AvgIpc) is 3.32. The van der Waals surface area contributed by atoms with Gasteiger partial charge in [-0.25, -0.2) is 4.98 Å². The highest BCUT2D eigenvalue weighted by Crippen LogP contribution is 2.30. The second kappa shape index (κ2) is 7.53. The number of aromatic nitrogens is 2. The highest BCUT2D eigenvalue weighted by Gasteiger charge is 2.22. The molecular weight excluding hydrogens is 310 g/mol. The van der Waals surface area contributed by atoms with Crippen molar-refractivity contribution in [3.05, 3.63) is 78.4 Å². The third-order valence-electron chi connectivity index (χ3n) is 4.53. The van der Waals surface area contributed by atoms with E-state index < -0.39 is 0 Å². The fourth-order valence-electron chi connectivity index (χ4n) is 2.82. The number of ether oxygens (including phenoxy) is 1. The number of para-hydroxylation sites is 1. The van der Waals surface area contributed by atoms with E-state index in [9.17, 15) is 0 Å². The van der Waals surface area contributed by atoms with Crippen molar-refractivity contribution in [1.29, 1.82) is 0 Å². The SMILES string of the molecule is c1ccc(OCC2CC2)c(CNCc2ccc(-n3ccnc3)cc2)c1. The summed E-state index contributed by atoms with van der Waals surface area (Å²) in [6.07, 6.45) is 8.18. The van der Waals surface area contributed by atoms with Gasteiger partial charge < -0.3 is 14.6 Å². The van der Waals surface area contributed by atoms with Crippen molar-refractivity contribution in [3.63, 3.8) is 0 Å². The van der Waals surface area contributed by atoms with E-state index in [0.29, 0.717) is 0 Å². The molecule has 1 N–H and O–H groups in total. The quantitative estimate of drug-likeness (QED) is 0.678. The summed E-state index contributed by atoms with van der Waals surface area (Å²) in [6, 6.07) is 16.9. The molecule has 0 aliphatic heterocycles. The van der Waals surface area contributed by atoms with Crippen LogP contribution >= 0.6 is 0 Å². The predicted octanol–water partition coefficient (Wildman–Crippen LogP) is 3.95. The molecule has 1 heterocycles. The Morgan fingerprint density at radius 3 is 2.64 bits per heavy atom. The van der Waals surface area contributed by atoms with Crippen LogP contribution in [0.25, 0.3) is 5.69 Å². The van der Waals surface area contributed by atoms with Gasteiger partial charge in [0.1, 0.15) is 5.75 Å². The van der Waals surface area contributed by atoms with E-state index in [1.165, 1.54) is 24.0 Å². The Labute approximate surface area is 148 Å². The van der Waals surface area contributed by atoms with Crippen LogP contribution in [0.4, 0.5) is 0 Å². The van der Waals surface area contributed by atoms with Crippen LogP contribution < -0.4 is 10.1 Å². The molecule has 1 fully saturated rings. The first-order valence-electron chi connectivity index (χ1n) is 8.87. The number of benzene rings is 2. The van der Waals surface area contributed by atoms with Crippen LogP contribution in [-0.2, 0) is 13.1 Å². The molecule has 1 aliphatic rings. The van der Waals surface area contributed by atoms with Crippen LogP contribution in [0.1, 0.15) is 24.0 Å². The van der Waals surface area contributed by atoms with E-state index in [1.54, 1.807) is 6.20 Å². The van der Waals surface area contributed by atoms with E-state index in [1.807, 2.05) is 23.2 Å². The van der Waals surface area contributed by atoms with Gasteiger partial charge in [-0.05, 0) is 42.5 Å². The van der Waals surface area contributed by atoms with Gasteiger partial charge in [0.2, 0.25) is 0 Å². The molecule has 0 spiro atoms. The van der Waals surface area contributed by atoms with Gasteiger partial charge in [-0.3, -0.25) is 0 Å². The normalized spacial score (nSPS) is 13.8. The average molecular weight is 333 g/mol. The Morgan fingerprint density at radius 2 is 1.88 bits per heavy atom. The van der Waals surface area contributed by atoms with Crippen molar-refractivity contribution in [2.45, 2.75) is 25.9 Å². The summed E-state index contributed by atoms with van der Waals surface area (Å²) in [5, 5.41) is 3.52. The van der Waals surface area contributed by atoms with Crippen molar-refractivity contribution in [3.8, 4) is 11.4 Å². The maximum Gasteiger partial charge on any atom is 0.123 e. The summed E-state index contributed by atoms with van der Waals surface area (Å²) in [6.45, 7) is 2.50. The monoisotopic (exact) mass is 333 g/mol. The van der Waals surface area contributed by atoms with Gasteiger partial charge in [-0.1, -0.05) is 30.3 Å². The van der Waals surface area contributed by atoms with E-state index in [-0.39, 0.29) is 0 Å². The fraction of sp³-hybridized carbons (Fsp3) is 0.286. The molecule has 0 radical (unpaired) electrons. The maximum absolute atomic E-state index is 5.97. The van der Waals surface area contributed by atoms with Crippen LogP contribution in [0.5, 0.6) is 5.75 Å². The summed E-state index contributed by atoms with van der Waals surface area (Å²) in [4.78, 5) is 4.08. The molecular formula is C21H23N3O. The Kier molecular flexibility index (Phi) is 4.79. The molecule has 0 atom stereocenters. The third-order valence-corrected chi connectivity index (χ3v) is 4.53. The molecule has 3 aromatic rings. The Hall–Kier alpha value is -2.59. The minimum Gasteiger partial charge on any atom is -0.493 e. The standard InChI is InChI=1S/C21H23N3O/c1-2-4-21(25-15-18-5-6-18)19(3-1)14-23-13-17-7-9-20(10-8-17)24-12-11-22-16-24/h1-4,7-12,16,18,23H,5-6,13-15H2. The van der Waals surface area contributed by atoms with Gasteiger partial charge in [0.25, 0.3) is 0 Å². The molecule has 25 heavy (non-hydrogen) atoms. The topological polar surface area (TPSA) is 39.1 Å². The fourth-order valence-corrected chi connectivity index (χ4v) is 2.82. The van der Waals surface area contributed by atoms with Crippen molar-refractivity contribution in [2.75, 3.05) is 6.61 Å². The third kappa shape index (κ3) is 4.28. The minimum absolute atomic E-state index is 0.773. The van der Waals surface area contributed by atoms with Gasteiger partial charge in [-0.2, -0.15) is 0 Å². The van der Waals surface area contributed by atoms with Crippen LogP contribution in [0.15, 0.2) is 67.3 Å². The first kappa shape index (κ1) is 15.9. The van der Waals surface area contributed by atoms with Crippen LogP contribution in [-0.4, -0.2) is 16.2 Å². The molecule has 1 aromatic heterocycles. The first-order valence-corrected chi connectivity index (χ1v) is 8.87. The summed E-state index contributed by atoms with van der Waals surface area (Å²) in [5.74, 6) is 1.78. The maximum atomic E-state index is 5.97. The second-order valence-electron chi connectivity index (χ2n) is 6.60. The van der Waals surface area contributed by atoms with E-state index in [0.717, 1.165) is 37.1 Å². The number of nitrogens with one attached hydrogen (secondary N) is 1. The Balaban J connectivity index is 1.31. The number of imidazole rings is 1. The lowest BCUT2D eigenvalue weighted by Crippen LogP contribution is -2.14. The zero-order valence-electron chi connectivity index (χ0n) is 14.3. The minimum atomic E-state index is 0.773. The molecule has 2 aromatic carbocycles. The van der Waals surface area contributed by atoms with E-state index >= 15 is 0 Å². The summed E-state index contributed by atoms with van der Waals surface area (Å²) >= 11 is 0. The van der Waals surface area contributed by atoms with Crippen LogP contribution in [0.2, 0.25) is 0 Å². The van der Waals surface area contributed by atoms with Gasteiger partial charge in [-0.15, -0.1) is 0 Å². The molecule has 0 bridgehead atoms. The van der Waals surface area contributed by atoms with Gasteiger partial charge >= 0.3 is 0 Å². The molecule has 128 valence electrons. The first-order chi connectivity index (χ1) is 12.4. The van der Waals surface area contributed by atoms with Crippen molar-refractivity contribution in [1.82, 2.24) is 14.9 Å². The number of hydrogen-bond acceptors (Lipinski definition) is 3. The summed E-state index contributed by atoms with van der Waals surface area (Å²) in [5.41, 5.74) is 3.61. The van der Waals surface area contributed by atoms with Crippen LogP contribution in [0.3, 0.4) is 0 Å². The Morgan fingerprint density at radius 1 is 1.04 bits per heavy atom. The molecule has 4 heteroatoms. The van der Waals surface area contributed by atoms with Crippen molar-refractivity contribution in [2.24, 2.45) is 5.92 Å². The molecule has 0 saturated heterocycles. The highest BCUT2D eigenvalue weighted by atomic mass is 16.5. The zero-order chi connectivity index (χ0) is 16.9. The Bertz CT molecular complexity index is 792. The summed E-state index contributed by atoms with van der Waals surface area (Å²) in [7, 11) is 0. The van der Waals surface area contributed by atoms with E-state index in [4.69, 9.17) is 4.74 Å². The largest absolute Gasteiger partial charge is 0.493 e. The number of rotatable bonds is 8. The van der Waals surface area contributed by atoms with Gasteiger partial charge in [0.05, 0.1) is 12.9 Å². The van der Waals surface area contributed by atoms with E-state index in [2.05, 4.69) is 52.8 Å². The van der Waals surface area contributed by atoms with Crippen molar-refractivity contribution < 1.29 is 4.74 Å². The predicted molar refractivity (Wildman–Crippen MR) is 98.8 cm³/mol. The van der Waals surface area contributed by atoms with Gasteiger partial charge in [0.15, 0.2) is 0 Å². The molecule has 1 saturated carbocycles. The molecule has 0 unspecified atom stereocenters. The lowest BCUT2D eigenvalue weighted by Gasteiger charge is -2.12. The smallest absolute Gasteiger partial charge is 0.123 e. The molecule has 4 nitrogen and oxygen atoms in total. The summed E-state index contributed by atoms with van der Waals surface area (Å²) < 4.78 is 7.98. The second-order valence-corrected chi connectivity index (χ2v) is 6.60. The number of nitrogens with zero attached hydrogens (tertiary/aromatic N) is 2. The van der Waals surface area contributed by atoms with Crippen LogP contribution in [0, 0.1) is 5.92 Å². The highest BCUT2D eigenvalue weighted by molar-refractivity contribution is 5.35. The molecule has 1 aliphatic carbocycles.